The smallest absolute Gasteiger partial charge is 0.253 e. The van der Waals surface area contributed by atoms with Crippen molar-refractivity contribution < 1.29 is 13.2 Å². The molecule has 4 rings (SSSR count). The number of hydrogen-bond acceptors (Lipinski definition) is 4. The van der Waals surface area contributed by atoms with E-state index in [1.165, 1.54) is 4.31 Å². The Balaban J connectivity index is 1.47. The number of piperazine rings is 1. The minimum Gasteiger partial charge on any atom is -0.369 e. The van der Waals surface area contributed by atoms with Gasteiger partial charge in [0, 0.05) is 50.5 Å². The molecule has 0 saturated carbocycles. The second-order valence-corrected chi connectivity index (χ2v) is 10.8. The standard InChI is InChI=1S/C24H31N3O3S/c1-19-15-20(2)18-26(17-19)24(28)21-7-6-10-23(16-21)31(29,30)27-13-11-25(12-14-27)22-8-4-3-5-9-22/h3-10,16,19-20H,11-15,17-18H2,1-2H3/t19-,20-/m1/s1. The van der Waals surface area contributed by atoms with Gasteiger partial charge in [-0.15, -0.1) is 0 Å². The number of benzene rings is 2. The second-order valence-electron chi connectivity index (χ2n) is 8.91. The van der Waals surface area contributed by atoms with Gasteiger partial charge in [-0.2, -0.15) is 4.31 Å². The maximum atomic E-state index is 13.3. The normalized spacial score (nSPS) is 23.0. The zero-order valence-electron chi connectivity index (χ0n) is 18.3. The van der Waals surface area contributed by atoms with Crippen molar-refractivity contribution in [2.45, 2.75) is 25.2 Å². The summed E-state index contributed by atoms with van der Waals surface area (Å²) in [6.07, 6.45) is 1.12. The van der Waals surface area contributed by atoms with Gasteiger partial charge in [0.2, 0.25) is 10.0 Å². The summed E-state index contributed by atoms with van der Waals surface area (Å²) in [5.41, 5.74) is 1.56. The fourth-order valence-electron chi connectivity index (χ4n) is 4.78. The van der Waals surface area contributed by atoms with E-state index in [-0.39, 0.29) is 10.8 Å². The monoisotopic (exact) mass is 441 g/mol. The first-order valence-electron chi connectivity index (χ1n) is 11.0. The van der Waals surface area contributed by atoms with E-state index < -0.39 is 10.0 Å². The van der Waals surface area contributed by atoms with E-state index in [2.05, 4.69) is 18.7 Å². The minimum atomic E-state index is -3.64. The van der Waals surface area contributed by atoms with Gasteiger partial charge in [0.1, 0.15) is 0 Å². The highest BCUT2D eigenvalue weighted by Gasteiger charge is 2.30. The lowest BCUT2D eigenvalue weighted by atomic mass is 9.91. The van der Waals surface area contributed by atoms with Gasteiger partial charge in [-0.05, 0) is 48.6 Å². The van der Waals surface area contributed by atoms with Crippen LogP contribution in [0, 0.1) is 11.8 Å². The Morgan fingerprint density at radius 2 is 1.52 bits per heavy atom. The second kappa shape index (κ2) is 9.01. The lowest BCUT2D eigenvalue weighted by molar-refractivity contribution is 0.0623. The number of nitrogens with zero attached hydrogens (tertiary/aromatic N) is 3. The van der Waals surface area contributed by atoms with Crippen LogP contribution in [0.25, 0.3) is 0 Å². The van der Waals surface area contributed by atoms with Crippen molar-refractivity contribution >= 4 is 21.6 Å². The Morgan fingerprint density at radius 3 is 2.16 bits per heavy atom. The van der Waals surface area contributed by atoms with Crippen molar-refractivity contribution in [2.75, 3.05) is 44.2 Å². The van der Waals surface area contributed by atoms with E-state index in [0.717, 1.165) is 25.2 Å². The molecule has 6 nitrogen and oxygen atoms in total. The predicted octanol–water partition coefficient (Wildman–Crippen LogP) is 3.32. The Kier molecular flexibility index (Phi) is 6.34. The van der Waals surface area contributed by atoms with Crippen molar-refractivity contribution in [3.8, 4) is 0 Å². The third-order valence-electron chi connectivity index (χ3n) is 6.23. The molecule has 166 valence electrons. The number of anilines is 1. The SMILES string of the molecule is C[C@@H]1C[C@@H](C)CN(C(=O)c2cccc(S(=O)(=O)N3CCN(c4ccccc4)CC3)c2)C1. The first-order chi connectivity index (χ1) is 14.8. The largest absolute Gasteiger partial charge is 0.369 e. The summed E-state index contributed by atoms with van der Waals surface area (Å²) >= 11 is 0. The highest BCUT2D eigenvalue weighted by atomic mass is 32.2. The van der Waals surface area contributed by atoms with Crippen LogP contribution in [0.2, 0.25) is 0 Å². The molecule has 2 fully saturated rings. The number of likely N-dealkylation sites (tertiary alicyclic amines) is 1. The molecule has 2 aliphatic rings. The zero-order valence-corrected chi connectivity index (χ0v) is 19.1. The van der Waals surface area contributed by atoms with Crippen LogP contribution >= 0.6 is 0 Å². The van der Waals surface area contributed by atoms with Crippen LogP contribution in [-0.2, 0) is 10.0 Å². The highest BCUT2D eigenvalue weighted by Crippen LogP contribution is 2.25. The summed E-state index contributed by atoms with van der Waals surface area (Å²) in [5.74, 6) is 0.838. The lowest BCUT2D eigenvalue weighted by Gasteiger charge is -2.36. The maximum Gasteiger partial charge on any atom is 0.253 e. The lowest BCUT2D eigenvalue weighted by Crippen LogP contribution is -2.48. The molecule has 0 radical (unpaired) electrons. The van der Waals surface area contributed by atoms with Crippen molar-refractivity contribution in [1.29, 1.82) is 0 Å². The molecule has 31 heavy (non-hydrogen) atoms. The molecule has 2 aromatic carbocycles. The Labute approximate surface area is 185 Å². The summed E-state index contributed by atoms with van der Waals surface area (Å²) < 4.78 is 28.1. The Morgan fingerprint density at radius 1 is 0.871 bits per heavy atom. The van der Waals surface area contributed by atoms with Gasteiger partial charge < -0.3 is 9.80 Å². The van der Waals surface area contributed by atoms with Crippen molar-refractivity contribution in [3.63, 3.8) is 0 Å². The molecule has 0 N–H and O–H groups in total. The van der Waals surface area contributed by atoms with Crippen molar-refractivity contribution in [1.82, 2.24) is 9.21 Å². The van der Waals surface area contributed by atoms with Gasteiger partial charge in [-0.25, -0.2) is 8.42 Å². The van der Waals surface area contributed by atoms with Gasteiger partial charge in [0.15, 0.2) is 0 Å². The van der Waals surface area contributed by atoms with Crippen LogP contribution in [0.3, 0.4) is 0 Å². The molecule has 1 amide bonds. The number of sulfonamides is 1. The van der Waals surface area contributed by atoms with Crippen LogP contribution in [0.4, 0.5) is 5.69 Å². The minimum absolute atomic E-state index is 0.0793. The van der Waals surface area contributed by atoms with Gasteiger partial charge in [-0.3, -0.25) is 4.79 Å². The van der Waals surface area contributed by atoms with E-state index in [9.17, 15) is 13.2 Å². The predicted molar refractivity (Wildman–Crippen MR) is 123 cm³/mol. The molecule has 0 unspecified atom stereocenters. The molecular formula is C24H31N3O3S. The number of rotatable bonds is 4. The number of carbonyl (C=O) groups is 1. The number of hydrogen-bond donors (Lipinski definition) is 0. The third kappa shape index (κ3) is 4.77. The first kappa shape index (κ1) is 21.8. The quantitative estimate of drug-likeness (QED) is 0.730. The molecule has 2 saturated heterocycles. The molecule has 2 aromatic rings. The number of carbonyl (C=O) groups excluding carboxylic acids is 1. The molecule has 7 heteroatoms. The summed E-state index contributed by atoms with van der Waals surface area (Å²) in [6.45, 7) is 7.91. The molecule has 2 heterocycles. The molecule has 0 aromatic heterocycles. The van der Waals surface area contributed by atoms with Gasteiger partial charge in [0.25, 0.3) is 5.91 Å². The summed E-state index contributed by atoms with van der Waals surface area (Å²) in [5, 5.41) is 0. The van der Waals surface area contributed by atoms with Crippen LogP contribution in [0.1, 0.15) is 30.6 Å². The maximum absolute atomic E-state index is 13.3. The topological polar surface area (TPSA) is 60.9 Å². The Hall–Kier alpha value is -2.38. The van der Waals surface area contributed by atoms with Crippen molar-refractivity contribution in [2.24, 2.45) is 11.8 Å². The summed E-state index contributed by atoms with van der Waals surface area (Å²) in [7, 11) is -3.64. The average molecular weight is 442 g/mol. The fourth-order valence-corrected chi connectivity index (χ4v) is 6.24. The van der Waals surface area contributed by atoms with Gasteiger partial charge >= 0.3 is 0 Å². The molecule has 2 aliphatic heterocycles. The number of para-hydroxylation sites is 1. The number of amides is 1. The van der Waals surface area contributed by atoms with Crippen molar-refractivity contribution in [3.05, 3.63) is 60.2 Å². The van der Waals surface area contributed by atoms with Gasteiger partial charge in [0.05, 0.1) is 4.90 Å². The molecule has 0 bridgehead atoms. The van der Waals surface area contributed by atoms with Crippen LogP contribution in [-0.4, -0.2) is 62.8 Å². The fraction of sp³-hybridized carbons (Fsp3) is 0.458. The van der Waals surface area contributed by atoms with Crippen LogP contribution < -0.4 is 4.90 Å². The third-order valence-corrected chi connectivity index (χ3v) is 8.13. The molecule has 2 atom stereocenters. The molecule has 0 spiro atoms. The van der Waals surface area contributed by atoms with E-state index in [1.54, 1.807) is 24.3 Å². The molecule has 0 aliphatic carbocycles. The Bertz CT molecular complexity index is 1010. The zero-order chi connectivity index (χ0) is 22.0. The van der Waals surface area contributed by atoms with Crippen LogP contribution in [0.15, 0.2) is 59.5 Å². The summed E-state index contributed by atoms with van der Waals surface area (Å²) in [4.78, 5) is 17.3. The van der Waals surface area contributed by atoms with Crippen LogP contribution in [0.5, 0.6) is 0 Å². The first-order valence-corrected chi connectivity index (χ1v) is 12.5. The van der Waals surface area contributed by atoms with Gasteiger partial charge in [-0.1, -0.05) is 38.1 Å². The number of piperidine rings is 1. The summed E-state index contributed by atoms with van der Waals surface area (Å²) in [6, 6.07) is 16.6. The van der Waals surface area contributed by atoms with E-state index in [0.29, 0.717) is 43.6 Å². The molecular weight excluding hydrogens is 410 g/mol. The highest BCUT2D eigenvalue weighted by molar-refractivity contribution is 7.89. The van der Waals surface area contributed by atoms with E-state index in [4.69, 9.17) is 0 Å². The van der Waals surface area contributed by atoms with E-state index in [1.807, 2.05) is 35.2 Å². The average Bonchev–Trinajstić information content (AvgIpc) is 2.79. The van der Waals surface area contributed by atoms with E-state index >= 15 is 0 Å².